The first-order valence-corrected chi connectivity index (χ1v) is 8.52. The smallest absolute Gasteiger partial charge is 0.271 e. The van der Waals surface area contributed by atoms with Gasteiger partial charge in [0.15, 0.2) is 5.13 Å². The van der Waals surface area contributed by atoms with E-state index in [2.05, 4.69) is 28.6 Å². The Kier molecular flexibility index (Phi) is 4.66. The van der Waals surface area contributed by atoms with E-state index in [1.165, 1.54) is 16.9 Å². The van der Waals surface area contributed by atoms with Crippen LogP contribution in [0.25, 0.3) is 0 Å². The molecule has 0 radical (unpaired) electrons. The zero-order chi connectivity index (χ0) is 17.1. The van der Waals surface area contributed by atoms with E-state index in [-0.39, 0.29) is 5.91 Å². The molecule has 0 atom stereocenters. The summed E-state index contributed by atoms with van der Waals surface area (Å²) in [5.41, 5.74) is 3.75. The molecule has 0 aliphatic rings. The van der Waals surface area contributed by atoms with Crippen LogP contribution in [0.15, 0.2) is 40.1 Å². The van der Waals surface area contributed by atoms with Gasteiger partial charge in [-0.25, -0.2) is 4.98 Å². The zero-order valence-electron chi connectivity index (χ0n) is 13.8. The number of amides is 1. The van der Waals surface area contributed by atoms with Crippen molar-refractivity contribution in [3.8, 4) is 0 Å². The van der Waals surface area contributed by atoms with Gasteiger partial charge >= 0.3 is 0 Å². The molecule has 0 unspecified atom stereocenters. The fourth-order valence-corrected chi connectivity index (χ4v) is 3.05. The largest absolute Gasteiger partial charge is 0.465 e. The monoisotopic (exact) mass is 341 g/mol. The summed E-state index contributed by atoms with van der Waals surface area (Å²) in [6, 6.07) is 9.89. The minimum Gasteiger partial charge on any atom is -0.465 e. The molecule has 0 saturated heterocycles. The average Bonchev–Trinajstić information content (AvgIpc) is 3.17. The second-order valence-electron chi connectivity index (χ2n) is 5.68. The van der Waals surface area contributed by atoms with Gasteiger partial charge in [-0.2, -0.15) is 0 Å². The number of aromatic nitrogens is 1. The van der Waals surface area contributed by atoms with Crippen molar-refractivity contribution in [1.82, 2.24) is 10.3 Å². The number of nitrogens with zero attached hydrogens (tertiary/aromatic N) is 1. The van der Waals surface area contributed by atoms with E-state index >= 15 is 0 Å². The highest BCUT2D eigenvalue weighted by molar-refractivity contribution is 7.14. The van der Waals surface area contributed by atoms with Gasteiger partial charge in [-0.15, -0.1) is 11.3 Å². The molecule has 1 aromatic carbocycles. The van der Waals surface area contributed by atoms with Gasteiger partial charge < -0.3 is 15.1 Å². The fraction of sp³-hybridized carbons (Fsp3) is 0.222. The molecular weight excluding hydrogens is 322 g/mol. The number of hydrogen-bond donors (Lipinski definition) is 2. The van der Waals surface area contributed by atoms with E-state index in [1.54, 1.807) is 5.38 Å². The van der Waals surface area contributed by atoms with Crippen molar-refractivity contribution in [2.45, 2.75) is 27.3 Å². The van der Waals surface area contributed by atoms with Crippen molar-refractivity contribution in [3.63, 3.8) is 0 Å². The number of benzene rings is 1. The first kappa shape index (κ1) is 16.3. The molecule has 0 bridgehead atoms. The molecule has 0 aliphatic carbocycles. The molecule has 0 aliphatic heterocycles. The van der Waals surface area contributed by atoms with Crippen LogP contribution < -0.4 is 10.6 Å². The average molecular weight is 341 g/mol. The molecule has 2 heterocycles. The molecule has 124 valence electrons. The predicted molar refractivity (Wildman–Crippen MR) is 95.9 cm³/mol. The predicted octanol–water partition coefficient (Wildman–Crippen LogP) is 4.33. The number of carbonyl (C=O) groups is 1. The minimum atomic E-state index is -0.214. The van der Waals surface area contributed by atoms with Crippen LogP contribution in [0.4, 0.5) is 10.8 Å². The third-order valence-electron chi connectivity index (χ3n) is 3.58. The maximum Gasteiger partial charge on any atom is 0.271 e. The van der Waals surface area contributed by atoms with E-state index in [0.29, 0.717) is 17.4 Å². The number of aryl methyl sites for hydroxylation is 3. The van der Waals surface area contributed by atoms with E-state index in [1.807, 2.05) is 38.1 Å². The van der Waals surface area contributed by atoms with Crippen molar-refractivity contribution in [2.75, 3.05) is 5.32 Å². The van der Waals surface area contributed by atoms with E-state index in [9.17, 15) is 4.79 Å². The third kappa shape index (κ3) is 3.83. The molecule has 0 spiro atoms. The lowest BCUT2D eigenvalue weighted by Crippen LogP contribution is -2.22. The lowest BCUT2D eigenvalue weighted by molar-refractivity contribution is 0.0943. The molecule has 3 rings (SSSR count). The number of anilines is 2. The van der Waals surface area contributed by atoms with Crippen LogP contribution in [0.1, 0.15) is 33.1 Å². The number of nitrogens with one attached hydrogen (secondary N) is 2. The molecule has 2 aromatic heterocycles. The van der Waals surface area contributed by atoms with Crippen LogP contribution in [-0.2, 0) is 6.54 Å². The number of rotatable bonds is 5. The van der Waals surface area contributed by atoms with Gasteiger partial charge in [-0.3, -0.25) is 4.79 Å². The van der Waals surface area contributed by atoms with Gasteiger partial charge in [-0.05, 0) is 44.5 Å². The standard InChI is InChI=1S/C18H19N3O2S/c1-11-4-7-15(12(2)8-11)20-18-21-16(10-24-18)17(22)19-9-14-6-5-13(3)23-14/h4-8,10H,9H2,1-3H3,(H,19,22)(H,20,21). The SMILES string of the molecule is Cc1ccc(Nc2nc(C(=O)NCc3ccc(C)o3)cs2)c(C)c1. The number of hydrogen-bond acceptors (Lipinski definition) is 5. The Morgan fingerprint density at radius 2 is 2.04 bits per heavy atom. The number of carbonyl (C=O) groups excluding carboxylic acids is 1. The summed E-state index contributed by atoms with van der Waals surface area (Å²) in [7, 11) is 0. The van der Waals surface area contributed by atoms with Crippen molar-refractivity contribution >= 4 is 28.1 Å². The first-order chi connectivity index (χ1) is 11.5. The van der Waals surface area contributed by atoms with Crippen LogP contribution in [0.5, 0.6) is 0 Å². The van der Waals surface area contributed by atoms with Gasteiger partial charge in [0, 0.05) is 11.1 Å². The molecule has 0 saturated carbocycles. The summed E-state index contributed by atoms with van der Waals surface area (Å²) < 4.78 is 5.43. The van der Waals surface area contributed by atoms with E-state index in [0.717, 1.165) is 22.8 Å². The third-order valence-corrected chi connectivity index (χ3v) is 4.34. The summed E-state index contributed by atoms with van der Waals surface area (Å²) in [5, 5.41) is 8.51. The van der Waals surface area contributed by atoms with Crippen molar-refractivity contribution in [1.29, 1.82) is 0 Å². The molecule has 6 heteroatoms. The van der Waals surface area contributed by atoms with Crippen molar-refractivity contribution in [2.24, 2.45) is 0 Å². The normalized spacial score (nSPS) is 10.6. The lowest BCUT2D eigenvalue weighted by atomic mass is 10.1. The lowest BCUT2D eigenvalue weighted by Gasteiger charge is -2.07. The highest BCUT2D eigenvalue weighted by atomic mass is 32.1. The Bertz CT molecular complexity index is 867. The van der Waals surface area contributed by atoms with Crippen molar-refractivity contribution in [3.05, 3.63) is 64.1 Å². The molecule has 2 N–H and O–H groups in total. The minimum absolute atomic E-state index is 0.214. The van der Waals surface area contributed by atoms with E-state index < -0.39 is 0 Å². The van der Waals surface area contributed by atoms with Gasteiger partial charge in [0.05, 0.1) is 6.54 Å². The van der Waals surface area contributed by atoms with Crippen molar-refractivity contribution < 1.29 is 9.21 Å². The molecular formula is C18H19N3O2S. The maximum atomic E-state index is 12.2. The topological polar surface area (TPSA) is 67.2 Å². The first-order valence-electron chi connectivity index (χ1n) is 7.64. The Morgan fingerprint density at radius 3 is 2.75 bits per heavy atom. The number of thiazole rings is 1. The zero-order valence-corrected chi connectivity index (χ0v) is 14.7. The fourth-order valence-electron chi connectivity index (χ4n) is 2.34. The van der Waals surface area contributed by atoms with Gasteiger partial charge in [0.1, 0.15) is 17.2 Å². The second-order valence-corrected chi connectivity index (χ2v) is 6.53. The molecule has 3 aromatic rings. The highest BCUT2D eigenvalue weighted by Crippen LogP contribution is 2.24. The quantitative estimate of drug-likeness (QED) is 0.724. The summed E-state index contributed by atoms with van der Waals surface area (Å²) >= 11 is 1.40. The second kappa shape index (κ2) is 6.88. The van der Waals surface area contributed by atoms with Crippen LogP contribution >= 0.6 is 11.3 Å². The Hall–Kier alpha value is -2.60. The van der Waals surface area contributed by atoms with Gasteiger partial charge in [0.2, 0.25) is 0 Å². The summed E-state index contributed by atoms with van der Waals surface area (Å²) in [6.07, 6.45) is 0. The van der Waals surface area contributed by atoms with E-state index in [4.69, 9.17) is 4.42 Å². The summed E-state index contributed by atoms with van der Waals surface area (Å²) in [4.78, 5) is 16.5. The Morgan fingerprint density at radius 1 is 1.21 bits per heavy atom. The van der Waals surface area contributed by atoms with Crippen LogP contribution in [-0.4, -0.2) is 10.9 Å². The Balaban J connectivity index is 1.63. The van der Waals surface area contributed by atoms with Gasteiger partial charge in [0.25, 0.3) is 5.91 Å². The molecule has 1 amide bonds. The molecule has 0 fully saturated rings. The molecule has 5 nitrogen and oxygen atoms in total. The summed E-state index contributed by atoms with van der Waals surface area (Å²) in [6.45, 7) is 6.33. The maximum absolute atomic E-state index is 12.2. The van der Waals surface area contributed by atoms with Crippen LogP contribution in [0.2, 0.25) is 0 Å². The highest BCUT2D eigenvalue weighted by Gasteiger charge is 2.12. The molecule has 24 heavy (non-hydrogen) atoms. The number of furan rings is 1. The summed E-state index contributed by atoms with van der Waals surface area (Å²) in [5.74, 6) is 1.34. The van der Waals surface area contributed by atoms with Crippen LogP contribution in [0.3, 0.4) is 0 Å². The van der Waals surface area contributed by atoms with Crippen LogP contribution in [0, 0.1) is 20.8 Å². The van der Waals surface area contributed by atoms with Gasteiger partial charge in [-0.1, -0.05) is 17.7 Å². The Labute approximate surface area is 144 Å².